The Hall–Kier alpha value is -1.21. The normalized spacial score (nSPS) is 14.1. The van der Waals surface area contributed by atoms with Gasteiger partial charge in [0.25, 0.3) is 0 Å². The van der Waals surface area contributed by atoms with E-state index in [1.807, 2.05) is 0 Å². The second-order valence-electron chi connectivity index (χ2n) is 4.39. The molecule has 1 aromatic rings. The molecule has 0 saturated carbocycles. The average molecular weight is 288 g/mol. The van der Waals surface area contributed by atoms with Crippen molar-refractivity contribution in [2.75, 3.05) is 33.5 Å². The first-order valence-electron chi connectivity index (χ1n) is 6.39. The molecule has 0 bridgehead atoms. The maximum Gasteiger partial charge on any atom is 0.128 e. The van der Waals surface area contributed by atoms with Crippen LogP contribution in [0.3, 0.4) is 0 Å². The predicted octanol–water partition coefficient (Wildman–Crippen LogP) is 1.28. The van der Waals surface area contributed by atoms with Gasteiger partial charge in [-0.2, -0.15) is 0 Å². The number of aliphatic hydroxyl groups is 2. The molecule has 114 valence electrons. The first-order valence-corrected chi connectivity index (χ1v) is 6.39. The fraction of sp³-hybridized carbons (Fsp3) is 0.571. The van der Waals surface area contributed by atoms with Crippen LogP contribution >= 0.6 is 0 Å². The van der Waals surface area contributed by atoms with Gasteiger partial charge in [-0.25, -0.2) is 4.39 Å². The lowest BCUT2D eigenvalue weighted by Gasteiger charge is -2.16. The van der Waals surface area contributed by atoms with Gasteiger partial charge in [-0.1, -0.05) is 0 Å². The smallest absolute Gasteiger partial charge is 0.128 e. The summed E-state index contributed by atoms with van der Waals surface area (Å²) in [5, 5.41) is 19.2. The lowest BCUT2D eigenvalue weighted by atomic mass is 10.1. The van der Waals surface area contributed by atoms with Crippen molar-refractivity contribution in [3.05, 3.63) is 29.6 Å². The van der Waals surface area contributed by atoms with Crippen molar-refractivity contribution in [1.82, 2.24) is 0 Å². The molecule has 0 spiro atoms. The molecule has 6 heteroatoms. The van der Waals surface area contributed by atoms with Crippen LogP contribution in [0.5, 0.6) is 5.75 Å². The van der Waals surface area contributed by atoms with Gasteiger partial charge in [0.1, 0.15) is 24.3 Å². The largest absolute Gasteiger partial charge is 0.490 e. The number of aliphatic hydroxyl groups excluding tert-OH is 2. The van der Waals surface area contributed by atoms with Crippen LogP contribution in [0.25, 0.3) is 0 Å². The lowest BCUT2D eigenvalue weighted by molar-refractivity contribution is -0.00464. The van der Waals surface area contributed by atoms with E-state index in [1.54, 1.807) is 14.0 Å². The van der Waals surface area contributed by atoms with Gasteiger partial charge in [-0.15, -0.1) is 0 Å². The summed E-state index contributed by atoms with van der Waals surface area (Å²) in [7, 11) is 1.56. The number of methoxy groups -OCH3 is 1. The minimum atomic E-state index is -0.836. The van der Waals surface area contributed by atoms with Crippen molar-refractivity contribution in [3.63, 3.8) is 0 Å². The molecule has 20 heavy (non-hydrogen) atoms. The SMILES string of the molecule is COCCOCC(O)COc1cc(F)ccc1[C@@H](C)O. The standard InChI is InChI=1S/C14H21FO5/c1-10(16)13-4-3-11(15)7-14(13)20-9-12(17)8-19-6-5-18-2/h3-4,7,10,12,16-17H,5-6,8-9H2,1-2H3/t10-,12?/m1/s1. The van der Waals surface area contributed by atoms with Gasteiger partial charge in [0.15, 0.2) is 0 Å². The minimum absolute atomic E-state index is 0.0455. The number of hydrogen-bond donors (Lipinski definition) is 2. The number of ether oxygens (including phenoxy) is 3. The molecular formula is C14H21FO5. The molecule has 0 radical (unpaired) electrons. The van der Waals surface area contributed by atoms with E-state index in [4.69, 9.17) is 14.2 Å². The van der Waals surface area contributed by atoms with E-state index in [0.29, 0.717) is 18.8 Å². The van der Waals surface area contributed by atoms with Gasteiger partial charge in [-0.3, -0.25) is 0 Å². The fourth-order valence-corrected chi connectivity index (χ4v) is 1.57. The van der Waals surface area contributed by atoms with Crippen molar-refractivity contribution in [1.29, 1.82) is 0 Å². The number of halogens is 1. The molecule has 0 aliphatic heterocycles. The summed E-state index contributed by atoms with van der Waals surface area (Å²) in [6.45, 7) is 2.44. The van der Waals surface area contributed by atoms with E-state index in [9.17, 15) is 14.6 Å². The van der Waals surface area contributed by atoms with Gasteiger partial charge in [-0.05, 0) is 19.1 Å². The molecule has 5 nitrogen and oxygen atoms in total. The second kappa shape index (κ2) is 8.86. The first-order chi connectivity index (χ1) is 9.54. The first kappa shape index (κ1) is 16.8. The Bertz CT molecular complexity index is 397. The van der Waals surface area contributed by atoms with Crippen molar-refractivity contribution >= 4 is 0 Å². The summed E-state index contributed by atoms with van der Waals surface area (Å²) in [5.74, 6) is -0.244. The lowest BCUT2D eigenvalue weighted by Crippen LogP contribution is -2.24. The summed E-state index contributed by atoms with van der Waals surface area (Å²) < 4.78 is 28.4. The van der Waals surface area contributed by atoms with E-state index in [-0.39, 0.29) is 19.0 Å². The Labute approximate surface area is 117 Å². The van der Waals surface area contributed by atoms with Crippen LogP contribution in [0, 0.1) is 5.82 Å². The zero-order valence-corrected chi connectivity index (χ0v) is 11.7. The average Bonchev–Trinajstić information content (AvgIpc) is 2.41. The molecule has 0 aliphatic rings. The quantitative estimate of drug-likeness (QED) is 0.670. The van der Waals surface area contributed by atoms with E-state index in [2.05, 4.69) is 0 Å². The summed E-state index contributed by atoms with van der Waals surface area (Å²) in [6.07, 6.45) is -1.61. The van der Waals surface area contributed by atoms with Gasteiger partial charge < -0.3 is 24.4 Å². The van der Waals surface area contributed by atoms with Crippen LogP contribution in [0.2, 0.25) is 0 Å². The zero-order chi connectivity index (χ0) is 15.0. The molecule has 0 heterocycles. The van der Waals surface area contributed by atoms with Crippen LogP contribution in [-0.4, -0.2) is 49.9 Å². The molecule has 2 N–H and O–H groups in total. The molecule has 2 atom stereocenters. The zero-order valence-electron chi connectivity index (χ0n) is 11.7. The third-order valence-electron chi connectivity index (χ3n) is 2.60. The van der Waals surface area contributed by atoms with Gasteiger partial charge in [0.2, 0.25) is 0 Å². The maximum atomic E-state index is 13.2. The summed E-state index contributed by atoms with van der Waals surface area (Å²) in [4.78, 5) is 0. The van der Waals surface area contributed by atoms with E-state index in [0.717, 1.165) is 0 Å². The molecule has 0 aliphatic carbocycles. The molecular weight excluding hydrogens is 267 g/mol. The fourth-order valence-electron chi connectivity index (χ4n) is 1.57. The Morgan fingerprint density at radius 3 is 2.60 bits per heavy atom. The molecule has 0 aromatic heterocycles. The van der Waals surface area contributed by atoms with Crippen LogP contribution in [0.4, 0.5) is 4.39 Å². The van der Waals surface area contributed by atoms with Crippen molar-refractivity contribution < 1.29 is 28.8 Å². The highest BCUT2D eigenvalue weighted by molar-refractivity contribution is 5.35. The third kappa shape index (κ3) is 5.83. The summed E-state index contributed by atoms with van der Waals surface area (Å²) in [5.41, 5.74) is 0.471. The van der Waals surface area contributed by atoms with E-state index in [1.165, 1.54) is 18.2 Å². The maximum absolute atomic E-state index is 13.2. The van der Waals surface area contributed by atoms with Gasteiger partial charge >= 0.3 is 0 Å². The van der Waals surface area contributed by atoms with Crippen LogP contribution < -0.4 is 4.74 Å². The summed E-state index contributed by atoms with van der Waals surface area (Å²) in [6, 6.07) is 3.89. The number of rotatable bonds is 9. The molecule has 0 saturated heterocycles. The molecule has 1 unspecified atom stereocenters. The van der Waals surface area contributed by atoms with Crippen molar-refractivity contribution in [2.24, 2.45) is 0 Å². The highest BCUT2D eigenvalue weighted by Gasteiger charge is 2.12. The highest BCUT2D eigenvalue weighted by atomic mass is 19.1. The summed E-state index contributed by atoms with van der Waals surface area (Å²) >= 11 is 0. The predicted molar refractivity (Wildman–Crippen MR) is 71.2 cm³/mol. The Morgan fingerprint density at radius 2 is 1.95 bits per heavy atom. The minimum Gasteiger partial charge on any atom is -0.490 e. The monoisotopic (exact) mass is 288 g/mol. The van der Waals surface area contributed by atoms with E-state index >= 15 is 0 Å². The third-order valence-corrected chi connectivity index (χ3v) is 2.60. The van der Waals surface area contributed by atoms with Crippen LogP contribution in [0.15, 0.2) is 18.2 Å². The Balaban J connectivity index is 2.46. The van der Waals surface area contributed by atoms with E-state index < -0.39 is 18.0 Å². The van der Waals surface area contributed by atoms with Crippen molar-refractivity contribution in [2.45, 2.75) is 19.1 Å². The van der Waals surface area contributed by atoms with Crippen molar-refractivity contribution in [3.8, 4) is 5.75 Å². The van der Waals surface area contributed by atoms with Gasteiger partial charge in [0, 0.05) is 18.7 Å². The Kier molecular flexibility index (Phi) is 7.46. The van der Waals surface area contributed by atoms with Crippen LogP contribution in [-0.2, 0) is 9.47 Å². The molecule has 0 fully saturated rings. The molecule has 1 rings (SSSR count). The molecule has 0 amide bonds. The number of benzene rings is 1. The number of hydrogen-bond acceptors (Lipinski definition) is 5. The Morgan fingerprint density at radius 1 is 1.20 bits per heavy atom. The second-order valence-corrected chi connectivity index (χ2v) is 4.39. The molecule has 1 aromatic carbocycles. The topological polar surface area (TPSA) is 68.2 Å². The van der Waals surface area contributed by atoms with Gasteiger partial charge in [0.05, 0.1) is 25.9 Å². The highest BCUT2D eigenvalue weighted by Crippen LogP contribution is 2.26. The van der Waals surface area contributed by atoms with Crippen LogP contribution in [0.1, 0.15) is 18.6 Å².